The molecule has 0 spiro atoms. The van der Waals surface area contributed by atoms with E-state index in [1.165, 1.54) is 12.1 Å². The second-order valence-electron chi connectivity index (χ2n) is 6.70. The molecule has 5 heteroatoms. The van der Waals surface area contributed by atoms with Crippen LogP contribution in [0.2, 0.25) is 0 Å². The first-order chi connectivity index (χ1) is 12.4. The first kappa shape index (κ1) is 18.1. The molecule has 1 heterocycles. The van der Waals surface area contributed by atoms with Crippen molar-refractivity contribution in [3.8, 4) is 5.75 Å². The summed E-state index contributed by atoms with van der Waals surface area (Å²) in [7, 11) is 4.00. The minimum absolute atomic E-state index is 0.0612. The van der Waals surface area contributed by atoms with Gasteiger partial charge in [0, 0.05) is 12.1 Å². The predicted molar refractivity (Wildman–Crippen MR) is 98.8 cm³/mol. The first-order valence-corrected chi connectivity index (χ1v) is 8.55. The zero-order chi connectivity index (χ0) is 18.7. The normalized spacial score (nSPS) is 14.5. The molecule has 2 aromatic carbocycles. The summed E-state index contributed by atoms with van der Waals surface area (Å²) in [6.45, 7) is 1.21. The van der Waals surface area contributed by atoms with Crippen molar-refractivity contribution in [1.29, 1.82) is 0 Å². The van der Waals surface area contributed by atoms with E-state index in [4.69, 9.17) is 9.84 Å². The Bertz CT molecular complexity index is 858. The third-order valence-electron chi connectivity index (χ3n) is 4.36. The van der Waals surface area contributed by atoms with E-state index in [-0.39, 0.29) is 12.2 Å². The first-order valence-electron chi connectivity index (χ1n) is 8.55. The van der Waals surface area contributed by atoms with E-state index in [0.717, 1.165) is 35.2 Å². The highest BCUT2D eigenvalue weighted by Crippen LogP contribution is 2.38. The molecule has 0 aromatic heterocycles. The molecule has 1 aliphatic heterocycles. The Balaban J connectivity index is 2.11. The van der Waals surface area contributed by atoms with Gasteiger partial charge in [-0.25, -0.2) is 4.39 Å². The van der Waals surface area contributed by atoms with Gasteiger partial charge in [-0.15, -0.1) is 0 Å². The molecular formula is C21H22FNO3. The fourth-order valence-corrected chi connectivity index (χ4v) is 3.11. The lowest BCUT2D eigenvalue weighted by molar-refractivity contribution is -0.136. The number of nitrogens with zero attached hydrogens (tertiary/aromatic N) is 1. The van der Waals surface area contributed by atoms with Crippen LogP contribution in [0.5, 0.6) is 5.75 Å². The monoisotopic (exact) mass is 355 g/mol. The van der Waals surface area contributed by atoms with Gasteiger partial charge >= 0.3 is 5.97 Å². The maximum absolute atomic E-state index is 13.9. The van der Waals surface area contributed by atoms with Crippen LogP contribution in [0.1, 0.15) is 28.7 Å². The third-order valence-corrected chi connectivity index (χ3v) is 4.36. The minimum Gasteiger partial charge on any atom is -0.488 e. The summed E-state index contributed by atoms with van der Waals surface area (Å²) in [6.07, 6.45) is 2.81. The van der Waals surface area contributed by atoms with Crippen LogP contribution in [-0.2, 0) is 17.8 Å². The molecule has 0 aliphatic carbocycles. The molecule has 2 aromatic rings. The highest BCUT2D eigenvalue weighted by Gasteiger charge is 2.20. The average Bonchev–Trinajstić information content (AvgIpc) is 2.71. The molecule has 3 rings (SSSR count). The van der Waals surface area contributed by atoms with Crippen molar-refractivity contribution in [2.45, 2.75) is 19.4 Å². The molecule has 0 saturated carbocycles. The summed E-state index contributed by atoms with van der Waals surface area (Å²) in [6, 6.07) is 10.1. The van der Waals surface area contributed by atoms with Gasteiger partial charge in [-0.2, -0.15) is 0 Å². The van der Waals surface area contributed by atoms with Crippen LogP contribution >= 0.6 is 0 Å². The summed E-state index contributed by atoms with van der Waals surface area (Å²) >= 11 is 0. The van der Waals surface area contributed by atoms with E-state index in [0.29, 0.717) is 17.9 Å². The van der Waals surface area contributed by atoms with E-state index >= 15 is 0 Å². The molecule has 0 fully saturated rings. The van der Waals surface area contributed by atoms with Crippen molar-refractivity contribution < 1.29 is 19.0 Å². The van der Waals surface area contributed by atoms with E-state index in [9.17, 15) is 9.18 Å². The number of carbonyl (C=O) groups is 1. The number of carboxylic acid groups (broad SMARTS) is 1. The van der Waals surface area contributed by atoms with Crippen LogP contribution in [0.3, 0.4) is 0 Å². The molecule has 26 heavy (non-hydrogen) atoms. The van der Waals surface area contributed by atoms with Gasteiger partial charge in [-0.1, -0.05) is 18.2 Å². The lowest BCUT2D eigenvalue weighted by atomic mass is 9.92. The average molecular weight is 355 g/mol. The lowest BCUT2D eigenvalue weighted by Crippen LogP contribution is -2.12. The molecule has 0 unspecified atom stereocenters. The highest BCUT2D eigenvalue weighted by molar-refractivity contribution is 5.85. The predicted octanol–water partition coefficient (Wildman–Crippen LogP) is 3.73. The third kappa shape index (κ3) is 4.11. The van der Waals surface area contributed by atoms with Crippen LogP contribution < -0.4 is 4.74 Å². The van der Waals surface area contributed by atoms with Crippen LogP contribution in [0.4, 0.5) is 4.39 Å². The molecule has 1 N–H and O–H groups in total. The van der Waals surface area contributed by atoms with Gasteiger partial charge in [0.15, 0.2) is 0 Å². The smallest absolute Gasteiger partial charge is 0.307 e. The second-order valence-corrected chi connectivity index (χ2v) is 6.70. The van der Waals surface area contributed by atoms with Crippen LogP contribution in [-0.4, -0.2) is 36.6 Å². The quantitative estimate of drug-likeness (QED) is 0.888. The van der Waals surface area contributed by atoms with Gasteiger partial charge in [0.2, 0.25) is 0 Å². The molecule has 0 atom stereocenters. The maximum Gasteiger partial charge on any atom is 0.307 e. The van der Waals surface area contributed by atoms with Crippen molar-refractivity contribution in [1.82, 2.24) is 4.90 Å². The molecule has 0 radical (unpaired) electrons. The van der Waals surface area contributed by atoms with Crippen molar-refractivity contribution in [3.63, 3.8) is 0 Å². The van der Waals surface area contributed by atoms with E-state index in [2.05, 4.69) is 11.0 Å². The van der Waals surface area contributed by atoms with Crippen molar-refractivity contribution in [3.05, 3.63) is 70.5 Å². The number of benzene rings is 2. The highest BCUT2D eigenvalue weighted by atomic mass is 19.1. The molecule has 0 amide bonds. The van der Waals surface area contributed by atoms with Gasteiger partial charge < -0.3 is 14.7 Å². The summed E-state index contributed by atoms with van der Waals surface area (Å²) in [5.74, 6) is -0.497. The molecule has 4 nitrogen and oxygen atoms in total. The fraction of sp³-hybridized carbons (Fsp3) is 0.286. The molecular weight excluding hydrogens is 333 g/mol. The topological polar surface area (TPSA) is 49.8 Å². The summed E-state index contributed by atoms with van der Waals surface area (Å²) in [5, 5.41) is 9.09. The summed E-state index contributed by atoms with van der Waals surface area (Å²) in [4.78, 5) is 13.2. The van der Waals surface area contributed by atoms with Crippen molar-refractivity contribution in [2.75, 3.05) is 20.6 Å². The van der Waals surface area contributed by atoms with Gasteiger partial charge in [0.05, 0.1) is 6.42 Å². The van der Waals surface area contributed by atoms with Gasteiger partial charge in [-0.05, 0) is 67.0 Å². The van der Waals surface area contributed by atoms with E-state index < -0.39 is 5.97 Å². The number of halogens is 1. The van der Waals surface area contributed by atoms with Crippen molar-refractivity contribution in [2.24, 2.45) is 0 Å². The zero-order valence-corrected chi connectivity index (χ0v) is 15.0. The Hall–Kier alpha value is -2.66. The SMILES string of the molecule is CN(C)CC/C=C1/c2cc(F)ccc2COc2ccc(CC(=O)O)cc21. The lowest BCUT2D eigenvalue weighted by Gasteiger charge is -2.13. The van der Waals surface area contributed by atoms with Gasteiger partial charge in [0.1, 0.15) is 18.2 Å². The number of carboxylic acids is 1. The standard InChI is InChI=1S/C21H22FNO3/c1-23(2)9-3-4-17-18-12-16(22)7-6-15(18)13-26-20-8-5-14(10-19(17)20)11-21(24)25/h4-8,10,12H,3,9,11,13H2,1-2H3,(H,24,25)/b17-4-. The number of hydrogen-bond acceptors (Lipinski definition) is 3. The van der Waals surface area contributed by atoms with E-state index in [1.54, 1.807) is 18.2 Å². The molecule has 1 aliphatic rings. The van der Waals surface area contributed by atoms with Crippen LogP contribution in [0.15, 0.2) is 42.5 Å². The Kier molecular flexibility index (Phi) is 5.38. The molecule has 0 bridgehead atoms. The number of aliphatic carboxylic acids is 1. The number of fused-ring (bicyclic) bond motifs is 2. The molecule has 0 saturated heterocycles. The largest absolute Gasteiger partial charge is 0.488 e. The summed E-state index contributed by atoms with van der Waals surface area (Å²) in [5.41, 5.74) is 4.11. The number of hydrogen-bond donors (Lipinski definition) is 1. The Morgan fingerprint density at radius 2 is 2.04 bits per heavy atom. The Labute approximate surface area is 152 Å². The Morgan fingerprint density at radius 3 is 2.77 bits per heavy atom. The zero-order valence-electron chi connectivity index (χ0n) is 15.0. The minimum atomic E-state index is -0.885. The number of ether oxygens (including phenoxy) is 1. The fourth-order valence-electron chi connectivity index (χ4n) is 3.11. The van der Waals surface area contributed by atoms with Crippen LogP contribution in [0.25, 0.3) is 5.57 Å². The second kappa shape index (κ2) is 7.70. The van der Waals surface area contributed by atoms with Gasteiger partial charge in [-0.3, -0.25) is 4.79 Å². The summed E-state index contributed by atoms with van der Waals surface area (Å²) < 4.78 is 19.8. The Morgan fingerprint density at radius 1 is 1.23 bits per heavy atom. The van der Waals surface area contributed by atoms with Crippen molar-refractivity contribution >= 4 is 11.5 Å². The van der Waals surface area contributed by atoms with Gasteiger partial charge in [0.25, 0.3) is 0 Å². The van der Waals surface area contributed by atoms with Crippen LogP contribution in [0, 0.1) is 5.82 Å². The maximum atomic E-state index is 13.9. The number of rotatable bonds is 5. The van der Waals surface area contributed by atoms with E-state index in [1.807, 2.05) is 20.2 Å². The molecule has 136 valence electrons.